The molecule has 1 aromatic heterocycles. The molecular weight excluding hydrogens is 494 g/mol. The molecule has 34 heavy (non-hydrogen) atoms. The molecule has 0 spiro atoms. The van der Waals surface area contributed by atoms with Crippen molar-refractivity contribution >= 4 is 54.0 Å². The van der Waals surface area contributed by atoms with Crippen LogP contribution in [0.3, 0.4) is 0 Å². The van der Waals surface area contributed by atoms with Crippen LogP contribution in [0.5, 0.6) is 5.75 Å². The van der Waals surface area contributed by atoms with E-state index in [0.29, 0.717) is 22.4 Å². The number of benzene rings is 2. The van der Waals surface area contributed by atoms with Crippen molar-refractivity contribution in [1.29, 1.82) is 0 Å². The average Bonchev–Trinajstić information content (AvgIpc) is 3.25. The van der Waals surface area contributed by atoms with Crippen LogP contribution in [0.15, 0.2) is 41.3 Å². The third-order valence-electron chi connectivity index (χ3n) is 5.43. The number of hydrogen-bond donors (Lipinski definition) is 0. The molecule has 0 radical (unpaired) electrons. The maximum atomic E-state index is 13.2. The Morgan fingerprint density at radius 3 is 2.41 bits per heavy atom. The van der Waals surface area contributed by atoms with Gasteiger partial charge in [-0.2, -0.15) is 0 Å². The number of carbonyl (C=O) groups excluding carboxylic acids is 1. The number of sulfone groups is 1. The molecule has 0 N–H and O–H groups in total. The predicted molar refractivity (Wildman–Crippen MR) is 139 cm³/mol. The van der Waals surface area contributed by atoms with Crippen LogP contribution >= 0.6 is 22.9 Å². The highest BCUT2D eigenvalue weighted by Crippen LogP contribution is 2.36. The van der Waals surface area contributed by atoms with Gasteiger partial charge in [0.1, 0.15) is 5.75 Å². The number of ether oxygens (including phenoxy) is 1. The first-order chi connectivity index (χ1) is 16.1. The van der Waals surface area contributed by atoms with Gasteiger partial charge in [0.25, 0.3) is 0 Å². The number of aryl methyl sites for hydroxylation is 1. The number of aromatic nitrogens is 1. The Bertz CT molecular complexity index is 1200. The van der Waals surface area contributed by atoms with E-state index >= 15 is 0 Å². The van der Waals surface area contributed by atoms with Crippen molar-refractivity contribution in [1.82, 2.24) is 9.88 Å². The molecule has 3 rings (SSSR count). The summed E-state index contributed by atoms with van der Waals surface area (Å²) in [5.74, 6) is 0.340. The van der Waals surface area contributed by atoms with Crippen LogP contribution in [0.2, 0.25) is 5.02 Å². The van der Waals surface area contributed by atoms with Crippen LogP contribution in [0, 0.1) is 6.92 Å². The van der Waals surface area contributed by atoms with Crippen molar-refractivity contribution in [2.75, 3.05) is 44.9 Å². The van der Waals surface area contributed by atoms with Gasteiger partial charge in [0.15, 0.2) is 15.0 Å². The molecule has 7 nitrogen and oxygen atoms in total. The highest BCUT2D eigenvalue weighted by Gasteiger charge is 2.22. The average molecular weight is 524 g/mol. The lowest BCUT2D eigenvalue weighted by Gasteiger charge is -2.21. The summed E-state index contributed by atoms with van der Waals surface area (Å²) >= 11 is 7.76. The van der Waals surface area contributed by atoms with Gasteiger partial charge in [0.2, 0.25) is 5.91 Å². The molecule has 0 aliphatic heterocycles. The number of thiazole rings is 1. The summed E-state index contributed by atoms with van der Waals surface area (Å²) in [6.07, 6.45) is 1.10. The van der Waals surface area contributed by atoms with Crippen LogP contribution in [0.4, 0.5) is 5.13 Å². The standard InChI is InChI=1S/C24H30ClN3O4S2/c1-17-8-13-20(25)23-22(17)26-24(33-23)28(15-6-14-27(2)3)21(29)7-5-16-34(30,31)19-11-9-18(32-4)10-12-19/h8-13H,5-7,14-16H2,1-4H3. The van der Waals surface area contributed by atoms with Gasteiger partial charge in [0.05, 0.1) is 33.0 Å². The lowest BCUT2D eigenvalue weighted by atomic mass is 10.2. The maximum Gasteiger partial charge on any atom is 0.228 e. The van der Waals surface area contributed by atoms with Crippen molar-refractivity contribution in [2.24, 2.45) is 0 Å². The second-order valence-electron chi connectivity index (χ2n) is 8.34. The van der Waals surface area contributed by atoms with Gasteiger partial charge in [-0.15, -0.1) is 0 Å². The fourth-order valence-electron chi connectivity index (χ4n) is 3.53. The van der Waals surface area contributed by atoms with Gasteiger partial charge in [-0.05, 0) is 76.3 Å². The number of nitrogens with zero attached hydrogens (tertiary/aromatic N) is 3. The molecule has 184 valence electrons. The predicted octanol–water partition coefficient (Wildman–Crippen LogP) is 4.81. The first-order valence-corrected chi connectivity index (χ1v) is 13.8. The zero-order chi connectivity index (χ0) is 24.9. The minimum absolute atomic E-state index is 0.110. The quantitative estimate of drug-likeness (QED) is 0.359. The number of anilines is 1. The number of rotatable bonds is 11. The monoisotopic (exact) mass is 523 g/mol. The van der Waals surface area contributed by atoms with Crippen molar-refractivity contribution in [3.8, 4) is 5.75 Å². The van der Waals surface area contributed by atoms with Gasteiger partial charge in [0, 0.05) is 13.0 Å². The first kappa shape index (κ1) is 26.4. The van der Waals surface area contributed by atoms with Crippen LogP contribution in [-0.4, -0.2) is 64.3 Å². The Morgan fingerprint density at radius 1 is 1.09 bits per heavy atom. The Balaban J connectivity index is 1.74. The van der Waals surface area contributed by atoms with Crippen LogP contribution in [0.25, 0.3) is 10.2 Å². The van der Waals surface area contributed by atoms with Crippen molar-refractivity contribution in [3.63, 3.8) is 0 Å². The maximum absolute atomic E-state index is 13.2. The Kier molecular flexibility index (Phi) is 8.92. The van der Waals surface area contributed by atoms with E-state index in [9.17, 15) is 13.2 Å². The Morgan fingerprint density at radius 2 is 1.79 bits per heavy atom. The largest absolute Gasteiger partial charge is 0.497 e. The van der Waals surface area contributed by atoms with E-state index in [0.717, 1.165) is 28.7 Å². The van der Waals surface area contributed by atoms with E-state index in [1.165, 1.54) is 30.6 Å². The van der Waals surface area contributed by atoms with E-state index < -0.39 is 9.84 Å². The van der Waals surface area contributed by atoms with Gasteiger partial charge >= 0.3 is 0 Å². The summed E-state index contributed by atoms with van der Waals surface area (Å²) in [6.45, 7) is 3.28. The topological polar surface area (TPSA) is 79.8 Å². The summed E-state index contributed by atoms with van der Waals surface area (Å²) in [5, 5.41) is 1.20. The Hall–Kier alpha value is -2.20. The first-order valence-electron chi connectivity index (χ1n) is 11.0. The molecule has 1 heterocycles. The van der Waals surface area contributed by atoms with Gasteiger partial charge in [-0.3, -0.25) is 9.69 Å². The van der Waals surface area contributed by atoms with E-state index in [-0.39, 0.29) is 29.4 Å². The highest BCUT2D eigenvalue weighted by atomic mass is 35.5. The number of methoxy groups -OCH3 is 1. The molecule has 0 atom stereocenters. The molecule has 0 saturated heterocycles. The second kappa shape index (κ2) is 11.5. The summed E-state index contributed by atoms with van der Waals surface area (Å²) < 4.78 is 31.3. The fourth-order valence-corrected chi connectivity index (χ4v) is 6.20. The van der Waals surface area contributed by atoms with Crippen LogP contribution < -0.4 is 9.64 Å². The van der Waals surface area contributed by atoms with Gasteiger partial charge in [-0.25, -0.2) is 13.4 Å². The van der Waals surface area contributed by atoms with E-state index in [1.807, 2.05) is 33.2 Å². The smallest absolute Gasteiger partial charge is 0.228 e. The van der Waals surface area contributed by atoms with Gasteiger partial charge < -0.3 is 9.64 Å². The SMILES string of the molecule is COc1ccc(S(=O)(=O)CCCC(=O)N(CCCN(C)C)c2nc3c(C)ccc(Cl)c3s2)cc1. The summed E-state index contributed by atoms with van der Waals surface area (Å²) in [7, 11) is 2.00. The molecule has 1 amide bonds. The number of amides is 1. The molecule has 3 aromatic rings. The fraction of sp³-hybridized carbons (Fsp3) is 0.417. The number of fused-ring (bicyclic) bond motifs is 1. The minimum atomic E-state index is -3.49. The third kappa shape index (κ3) is 6.47. The minimum Gasteiger partial charge on any atom is -0.497 e. The highest BCUT2D eigenvalue weighted by molar-refractivity contribution is 7.91. The summed E-state index contributed by atoms with van der Waals surface area (Å²) in [5.41, 5.74) is 1.79. The lowest BCUT2D eigenvalue weighted by Crippen LogP contribution is -2.33. The van der Waals surface area contributed by atoms with E-state index in [1.54, 1.807) is 17.0 Å². The molecule has 10 heteroatoms. The summed E-state index contributed by atoms with van der Waals surface area (Å²) in [6, 6.07) is 10.0. The Labute approximate surface area is 210 Å². The molecule has 0 aliphatic rings. The molecule has 0 bridgehead atoms. The van der Waals surface area contributed by atoms with Crippen molar-refractivity contribution in [3.05, 3.63) is 47.0 Å². The molecule has 2 aromatic carbocycles. The molecular formula is C24H30ClN3O4S2. The van der Waals surface area contributed by atoms with Crippen LogP contribution in [0.1, 0.15) is 24.8 Å². The normalized spacial score (nSPS) is 11.8. The number of hydrogen-bond acceptors (Lipinski definition) is 7. The number of carbonyl (C=O) groups is 1. The van der Waals surface area contributed by atoms with Gasteiger partial charge in [-0.1, -0.05) is 29.0 Å². The van der Waals surface area contributed by atoms with Crippen molar-refractivity contribution < 1.29 is 17.9 Å². The van der Waals surface area contributed by atoms with Crippen molar-refractivity contribution in [2.45, 2.75) is 31.1 Å². The third-order valence-corrected chi connectivity index (χ3v) is 8.78. The number of halogens is 1. The van der Waals surface area contributed by atoms with E-state index in [4.69, 9.17) is 21.3 Å². The summed E-state index contributed by atoms with van der Waals surface area (Å²) in [4.78, 5) is 21.9. The zero-order valence-corrected chi connectivity index (χ0v) is 22.3. The second-order valence-corrected chi connectivity index (χ2v) is 11.8. The molecule has 0 unspecified atom stereocenters. The van der Waals surface area contributed by atoms with Crippen LogP contribution in [-0.2, 0) is 14.6 Å². The van der Waals surface area contributed by atoms with E-state index in [2.05, 4.69) is 4.90 Å². The lowest BCUT2D eigenvalue weighted by molar-refractivity contribution is -0.118. The molecule has 0 fully saturated rings. The molecule has 0 aliphatic carbocycles. The molecule has 0 saturated carbocycles. The zero-order valence-electron chi connectivity index (χ0n) is 19.9.